The average Bonchev–Trinajstić information content (AvgIpc) is 3.19. The molecule has 0 aromatic heterocycles. The summed E-state index contributed by atoms with van der Waals surface area (Å²) in [7, 11) is 0. The fourth-order valence-corrected chi connectivity index (χ4v) is 2.54. The SMILES string of the molecule is O=C(O)CCC1CCN(C(=O)NCCNC(=O)C2CC2)C1. The van der Waals surface area contributed by atoms with Crippen molar-refractivity contribution in [2.45, 2.75) is 32.1 Å². The van der Waals surface area contributed by atoms with E-state index in [0.717, 1.165) is 19.3 Å². The number of carbonyl (C=O) groups is 3. The van der Waals surface area contributed by atoms with Gasteiger partial charge in [-0.05, 0) is 31.6 Å². The highest BCUT2D eigenvalue weighted by Gasteiger charge is 2.29. The van der Waals surface area contributed by atoms with Gasteiger partial charge in [0.05, 0.1) is 0 Å². The number of carbonyl (C=O) groups excluding carboxylic acids is 2. The van der Waals surface area contributed by atoms with Gasteiger partial charge in [0, 0.05) is 38.5 Å². The van der Waals surface area contributed by atoms with E-state index in [0.29, 0.717) is 32.6 Å². The zero-order chi connectivity index (χ0) is 15.2. The number of carboxylic acid groups (broad SMARTS) is 1. The lowest BCUT2D eigenvalue weighted by Crippen LogP contribution is -2.42. The molecule has 1 aliphatic carbocycles. The Morgan fingerprint density at radius 2 is 1.81 bits per heavy atom. The predicted molar refractivity (Wildman–Crippen MR) is 75.7 cm³/mol. The number of nitrogens with zero attached hydrogens (tertiary/aromatic N) is 1. The normalized spacial score (nSPS) is 21.1. The number of rotatable bonds is 7. The average molecular weight is 297 g/mol. The zero-order valence-corrected chi connectivity index (χ0v) is 12.1. The first-order chi connectivity index (χ1) is 10.1. The minimum atomic E-state index is -0.788. The van der Waals surface area contributed by atoms with Crippen molar-refractivity contribution in [3.63, 3.8) is 0 Å². The number of amides is 3. The number of hydrogen-bond donors (Lipinski definition) is 3. The van der Waals surface area contributed by atoms with Crippen molar-refractivity contribution in [1.82, 2.24) is 15.5 Å². The standard InChI is InChI=1S/C14H23N3O4/c18-12(19)4-1-10-5-8-17(9-10)14(21)16-7-6-15-13(20)11-2-3-11/h10-11H,1-9H2,(H,15,20)(H,16,21)(H,18,19). The van der Waals surface area contributed by atoms with E-state index in [4.69, 9.17) is 5.11 Å². The van der Waals surface area contributed by atoms with Crippen LogP contribution in [0.3, 0.4) is 0 Å². The highest BCUT2D eigenvalue weighted by molar-refractivity contribution is 5.80. The molecule has 0 bridgehead atoms. The summed E-state index contributed by atoms with van der Waals surface area (Å²) in [4.78, 5) is 35.5. The fourth-order valence-electron chi connectivity index (χ4n) is 2.54. The van der Waals surface area contributed by atoms with E-state index in [1.807, 2.05) is 0 Å². The summed E-state index contributed by atoms with van der Waals surface area (Å²) in [5.74, 6) is -0.237. The first kappa shape index (κ1) is 15.6. The van der Waals surface area contributed by atoms with Gasteiger partial charge in [-0.3, -0.25) is 9.59 Å². The molecule has 118 valence electrons. The largest absolute Gasteiger partial charge is 0.481 e. The molecule has 2 aliphatic rings. The molecule has 7 nitrogen and oxygen atoms in total. The molecule has 1 saturated carbocycles. The van der Waals surface area contributed by atoms with Gasteiger partial charge in [-0.2, -0.15) is 0 Å². The first-order valence-electron chi connectivity index (χ1n) is 7.58. The van der Waals surface area contributed by atoms with Crippen molar-refractivity contribution in [1.29, 1.82) is 0 Å². The summed E-state index contributed by atoms with van der Waals surface area (Å²) in [5.41, 5.74) is 0. The second-order valence-corrected chi connectivity index (χ2v) is 5.83. The van der Waals surface area contributed by atoms with Gasteiger partial charge in [0.25, 0.3) is 0 Å². The second kappa shape index (κ2) is 7.28. The van der Waals surface area contributed by atoms with Crippen LogP contribution in [0.4, 0.5) is 4.79 Å². The van der Waals surface area contributed by atoms with Crippen LogP contribution in [0.2, 0.25) is 0 Å². The van der Waals surface area contributed by atoms with Crippen molar-refractivity contribution in [3.05, 3.63) is 0 Å². The van der Waals surface area contributed by atoms with Crippen molar-refractivity contribution >= 4 is 17.9 Å². The van der Waals surface area contributed by atoms with Gasteiger partial charge < -0.3 is 20.6 Å². The summed E-state index contributed by atoms with van der Waals surface area (Å²) >= 11 is 0. The number of aliphatic carboxylic acids is 1. The fraction of sp³-hybridized carbons (Fsp3) is 0.786. The smallest absolute Gasteiger partial charge is 0.317 e. The third-order valence-corrected chi connectivity index (χ3v) is 3.99. The Labute approximate surface area is 124 Å². The van der Waals surface area contributed by atoms with Gasteiger partial charge in [-0.1, -0.05) is 0 Å². The molecule has 0 aromatic carbocycles. The molecule has 3 N–H and O–H groups in total. The molecule has 2 rings (SSSR count). The van der Waals surface area contributed by atoms with Crippen LogP contribution < -0.4 is 10.6 Å². The molecule has 21 heavy (non-hydrogen) atoms. The van der Waals surface area contributed by atoms with Crippen LogP contribution in [0.15, 0.2) is 0 Å². The molecule has 1 unspecified atom stereocenters. The lowest BCUT2D eigenvalue weighted by Gasteiger charge is -2.17. The van der Waals surface area contributed by atoms with Crippen LogP contribution in [0.1, 0.15) is 32.1 Å². The maximum absolute atomic E-state index is 11.9. The van der Waals surface area contributed by atoms with E-state index in [2.05, 4.69) is 10.6 Å². The number of likely N-dealkylation sites (tertiary alicyclic amines) is 1. The molecule has 3 amide bonds. The van der Waals surface area contributed by atoms with E-state index in [1.165, 1.54) is 0 Å². The van der Waals surface area contributed by atoms with E-state index < -0.39 is 5.97 Å². The first-order valence-corrected chi connectivity index (χ1v) is 7.58. The number of urea groups is 1. The Morgan fingerprint density at radius 1 is 1.10 bits per heavy atom. The van der Waals surface area contributed by atoms with Crippen molar-refractivity contribution in [2.24, 2.45) is 11.8 Å². The summed E-state index contributed by atoms with van der Waals surface area (Å²) in [6.07, 6.45) is 3.59. The van der Waals surface area contributed by atoms with Crippen LogP contribution >= 0.6 is 0 Å². The molecule has 0 spiro atoms. The van der Waals surface area contributed by atoms with Gasteiger partial charge >= 0.3 is 12.0 Å². The third-order valence-electron chi connectivity index (χ3n) is 3.99. The van der Waals surface area contributed by atoms with E-state index in [-0.39, 0.29) is 30.2 Å². The van der Waals surface area contributed by atoms with Crippen molar-refractivity contribution in [3.8, 4) is 0 Å². The minimum Gasteiger partial charge on any atom is -0.481 e. The molecule has 7 heteroatoms. The molecule has 2 fully saturated rings. The van der Waals surface area contributed by atoms with E-state index in [9.17, 15) is 14.4 Å². The van der Waals surface area contributed by atoms with Gasteiger partial charge in [0.1, 0.15) is 0 Å². The highest BCUT2D eigenvalue weighted by atomic mass is 16.4. The van der Waals surface area contributed by atoms with Crippen molar-refractivity contribution in [2.75, 3.05) is 26.2 Å². The molecular weight excluding hydrogens is 274 g/mol. The van der Waals surface area contributed by atoms with Crippen LogP contribution in [0, 0.1) is 11.8 Å². The van der Waals surface area contributed by atoms with E-state index in [1.54, 1.807) is 4.90 Å². The van der Waals surface area contributed by atoms with Crippen LogP contribution in [-0.2, 0) is 9.59 Å². The maximum Gasteiger partial charge on any atom is 0.317 e. The summed E-state index contributed by atoms with van der Waals surface area (Å²) < 4.78 is 0. The second-order valence-electron chi connectivity index (χ2n) is 5.83. The molecule has 1 atom stereocenters. The summed E-state index contributed by atoms with van der Waals surface area (Å²) in [5, 5.41) is 14.2. The number of carboxylic acids is 1. The molecule has 1 heterocycles. The Hall–Kier alpha value is -1.79. The third kappa shape index (κ3) is 5.24. The van der Waals surface area contributed by atoms with Gasteiger partial charge in [-0.15, -0.1) is 0 Å². The Kier molecular flexibility index (Phi) is 5.41. The molecule has 0 radical (unpaired) electrons. The molecule has 1 saturated heterocycles. The summed E-state index contributed by atoms with van der Waals surface area (Å²) in [6, 6.07) is -0.131. The summed E-state index contributed by atoms with van der Waals surface area (Å²) in [6.45, 7) is 2.17. The quantitative estimate of drug-likeness (QED) is 0.593. The molecule has 1 aliphatic heterocycles. The Balaban J connectivity index is 1.56. The lowest BCUT2D eigenvalue weighted by atomic mass is 10.0. The van der Waals surface area contributed by atoms with Crippen LogP contribution in [-0.4, -0.2) is 54.1 Å². The topological polar surface area (TPSA) is 98.7 Å². The van der Waals surface area contributed by atoms with E-state index >= 15 is 0 Å². The monoisotopic (exact) mass is 297 g/mol. The molecular formula is C14H23N3O4. The number of hydrogen-bond acceptors (Lipinski definition) is 3. The maximum atomic E-state index is 11.9. The van der Waals surface area contributed by atoms with Crippen LogP contribution in [0.5, 0.6) is 0 Å². The van der Waals surface area contributed by atoms with Crippen molar-refractivity contribution < 1.29 is 19.5 Å². The zero-order valence-electron chi connectivity index (χ0n) is 12.1. The van der Waals surface area contributed by atoms with Gasteiger partial charge in [-0.25, -0.2) is 4.79 Å². The highest BCUT2D eigenvalue weighted by Crippen LogP contribution is 2.28. The minimum absolute atomic E-state index is 0.0826. The van der Waals surface area contributed by atoms with Gasteiger partial charge in [0.2, 0.25) is 5.91 Å². The van der Waals surface area contributed by atoms with Gasteiger partial charge in [0.15, 0.2) is 0 Å². The Morgan fingerprint density at radius 3 is 2.48 bits per heavy atom. The predicted octanol–water partition coefficient (Wildman–Crippen LogP) is 0.409. The Bertz CT molecular complexity index is 409. The lowest BCUT2D eigenvalue weighted by molar-refractivity contribution is -0.137. The molecule has 0 aromatic rings. The van der Waals surface area contributed by atoms with Crippen LogP contribution in [0.25, 0.3) is 0 Å². The number of nitrogens with one attached hydrogen (secondary N) is 2.